The highest BCUT2D eigenvalue weighted by molar-refractivity contribution is 5.58. The van der Waals surface area contributed by atoms with Crippen molar-refractivity contribution in [3.8, 4) is 11.3 Å². The van der Waals surface area contributed by atoms with Gasteiger partial charge in [0, 0.05) is 11.3 Å². The number of nitrogens with zero attached hydrogens (tertiary/aromatic N) is 1. The number of rotatable bonds is 5. The molecule has 0 saturated heterocycles. The predicted molar refractivity (Wildman–Crippen MR) is 71.4 cm³/mol. The van der Waals surface area contributed by atoms with Gasteiger partial charge in [0.1, 0.15) is 0 Å². The minimum atomic E-state index is 0.831. The Morgan fingerprint density at radius 2 is 1.82 bits per heavy atom. The maximum Gasteiger partial charge on any atom is 0.0705 e. The van der Waals surface area contributed by atoms with Crippen LogP contribution in [-0.4, -0.2) is 11.2 Å². The van der Waals surface area contributed by atoms with E-state index in [2.05, 4.69) is 29.2 Å². The molecule has 86 valence electrons. The Balaban J connectivity index is 2.14. The molecular formula is C15H16N2. The summed E-state index contributed by atoms with van der Waals surface area (Å²) in [5, 5.41) is 7.00. The van der Waals surface area contributed by atoms with Crippen LogP contribution in [0.2, 0.25) is 0 Å². The zero-order valence-corrected chi connectivity index (χ0v) is 9.76. The van der Waals surface area contributed by atoms with Crippen molar-refractivity contribution in [2.45, 2.75) is 19.3 Å². The summed E-state index contributed by atoms with van der Waals surface area (Å²) in [5.74, 6) is 0. The molecule has 0 fully saturated rings. The second-order valence-corrected chi connectivity index (χ2v) is 3.98. The van der Waals surface area contributed by atoms with Crippen LogP contribution in [-0.2, 0) is 6.42 Å². The van der Waals surface area contributed by atoms with Crippen molar-refractivity contribution in [1.82, 2.24) is 4.98 Å². The minimum Gasteiger partial charge on any atom is -0.313 e. The summed E-state index contributed by atoms with van der Waals surface area (Å²) in [7, 11) is 0. The average Bonchev–Trinajstić information content (AvgIpc) is 2.41. The Morgan fingerprint density at radius 1 is 1.00 bits per heavy atom. The number of benzene rings is 1. The predicted octanol–water partition coefficient (Wildman–Crippen LogP) is 3.72. The molecule has 1 heterocycles. The lowest BCUT2D eigenvalue weighted by Crippen LogP contribution is -1.92. The summed E-state index contributed by atoms with van der Waals surface area (Å²) in [6.07, 6.45) is 4.23. The first-order chi connectivity index (χ1) is 8.40. The third-order valence-corrected chi connectivity index (χ3v) is 2.66. The van der Waals surface area contributed by atoms with Crippen LogP contribution in [0.15, 0.2) is 48.5 Å². The first-order valence-corrected chi connectivity index (χ1v) is 5.90. The molecule has 17 heavy (non-hydrogen) atoms. The highest BCUT2D eigenvalue weighted by Crippen LogP contribution is 2.16. The maximum absolute atomic E-state index is 7.00. The SMILES string of the molecule is N=CCCCc1cccc(-c2ccccc2)n1. The highest BCUT2D eigenvalue weighted by atomic mass is 14.7. The van der Waals surface area contributed by atoms with Crippen LogP contribution < -0.4 is 0 Å². The molecule has 0 saturated carbocycles. The summed E-state index contributed by atoms with van der Waals surface area (Å²) in [6, 6.07) is 16.4. The third-order valence-electron chi connectivity index (χ3n) is 2.66. The fourth-order valence-corrected chi connectivity index (χ4v) is 1.77. The highest BCUT2D eigenvalue weighted by Gasteiger charge is 2.00. The van der Waals surface area contributed by atoms with E-state index < -0.39 is 0 Å². The van der Waals surface area contributed by atoms with E-state index in [-0.39, 0.29) is 0 Å². The lowest BCUT2D eigenvalue weighted by molar-refractivity contribution is 0.843. The average molecular weight is 224 g/mol. The van der Waals surface area contributed by atoms with Gasteiger partial charge in [0.2, 0.25) is 0 Å². The molecule has 2 aromatic rings. The number of nitrogens with one attached hydrogen (secondary N) is 1. The number of hydrogen-bond acceptors (Lipinski definition) is 2. The van der Waals surface area contributed by atoms with Gasteiger partial charge in [-0.15, -0.1) is 0 Å². The van der Waals surface area contributed by atoms with Gasteiger partial charge in [0.05, 0.1) is 5.69 Å². The Morgan fingerprint density at radius 3 is 2.59 bits per heavy atom. The fraction of sp³-hybridized carbons (Fsp3) is 0.200. The molecule has 0 unspecified atom stereocenters. The van der Waals surface area contributed by atoms with Gasteiger partial charge in [-0.05, 0) is 37.6 Å². The van der Waals surface area contributed by atoms with Crippen molar-refractivity contribution in [3.63, 3.8) is 0 Å². The molecular weight excluding hydrogens is 208 g/mol. The smallest absolute Gasteiger partial charge is 0.0705 e. The number of hydrogen-bond donors (Lipinski definition) is 1. The number of aromatic nitrogens is 1. The normalized spacial score (nSPS) is 10.1. The Hall–Kier alpha value is -1.96. The molecule has 1 aromatic heterocycles. The van der Waals surface area contributed by atoms with Crippen LogP contribution in [0.5, 0.6) is 0 Å². The molecule has 0 aliphatic rings. The Bertz CT molecular complexity index is 477. The van der Waals surface area contributed by atoms with Crippen LogP contribution in [0.4, 0.5) is 0 Å². The van der Waals surface area contributed by atoms with Crippen molar-refractivity contribution in [3.05, 3.63) is 54.2 Å². The van der Waals surface area contributed by atoms with Crippen molar-refractivity contribution < 1.29 is 0 Å². The zero-order valence-electron chi connectivity index (χ0n) is 9.76. The molecule has 0 aliphatic heterocycles. The maximum atomic E-state index is 7.00. The van der Waals surface area contributed by atoms with Gasteiger partial charge >= 0.3 is 0 Å². The fourth-order valence-electron chi connectivity index (χ4n) is 1.77. The van der Waals surface area contributed by atoms with Gasteiger partial charge in [-0.2, -0.15) is 0 Å². The van der Waals surface area contributed by atoms with Gasteiger partial charge < -0.3 is 5.41 Å². The summed E-state index contributed by atoms with van der Waals surface area (Å²) in [4.78, 5) is 4.64. The van der Waals surface area contributed by atoms with E-state index in [9.17, 15) is 0 Å². The van der Waals surface area contributed by atoms with Crippen molar-refractivity contribution >= 4 is 6.21 Å². The van der Waals surface area contributed by atoms with E-state index in [1.54, 1.807) is 0 Å². The van der Waals surface area contributed by atoms with Crippen molar-refractivity contribution in [2.75, 3.05) is 0 Å². The topological polar surface area (TPSA) is 36.7 Å². The second kappa shape index (κ2) is 5.94. The monoisotopic (exact) mass is 224 g/mol. The molecule has 2 rings (SSSR count). The molecule has 0 bridgehead atoms. The molecule has 2 heteroatoms. The minimum absolute atomic E-state index is 0.831. The lowest BCUT2D eigenvalue weighted by atomic mass is 10.1. The standard InChI is InChI=1S/C15H16N2/c16-12-5-4-9-14-10-6-11-15(17-14)13-7-2-1-3-8-13/h1-3,6-8,10-12,16H,4-5,9H2. The van der Waals surface area contributed by atoms with Gasteiger partial charge in [0.25, 0.3) is 0 Å². The quantitative estimate of drug-likeness (QED) is 0.610. The lowest BCUT2D eigenvalue weighted by Gasteiger charge is -2.04. The number of unbranched alkanes of at least 4 members (excludes halogenated alkanes) is 1. The van der Waals surface area contributed by atoms with E-state index in [1.807, 2.05) is 24.3 Å². The van der Waals surface area contributed by atoms with E-state index >= 15 is 0 Å². The van der Waals surface area contributed by atoms with Crippen molar-refractivity contribution in [1.29, 1.82) is 5.41 Å². The Kier molecular flexibility index (Phi) is 4.03. The molecule has 0 aliphatic carbocycles. The van der Waals surface area contributed by atoms with Gasteiger partial charge in [-0.25, -0.2) is 0 Å². The van der Waals surface area contributed by atoms with Crippen LogP contribution >= 0.6 is 0 Å². The van der Waals surface area contributed by atoms with E-state index in [0.717, 1.165) is 36.2 Å². The molecule has 1 aromatic carbocycles. The molecule has 0 radical (unpaired) electrons. The first-order valence-electron chi connectivity index (χ1n) is 5.90. The molecule has 2 nitrogen and oxygen atoms in total. The molecule has 1 N–H and O–H groups in total. The molecule has 0 spiro atoms. The Labute approximate surface area is 102 Å². The van der Waals surface area contributed by atoms with E-state index in [1.165, 1.54) is 6.21 Å². The summed E-state index contributed by atoms with van der Waals surface area (Å²) in [5.41, 5.74) is 3.28. The molecule has 0 atom stereocenters. The van der Waals surface area contributed by atoms with Gasteiger partial charge in [-0.1, -0.05) is 36.4 Å². The van der Waals surface area contributed by atoms with Crippen LogP contribution in [0.25, 0.3) is 11.3 Å². The van der Waals surface area contributed by atoms with E-state index in [0.29, 0.717) is 0 Å². The zero-order chi connectivity index (χ0) is 11.9. The summed E-state index contributed by atoms with van der Waals surface area (Å²) >= 11 is 0. The third kappa shape index (κ3) is 3.25. The second-order valence-electron chi connectivity index (χ2n) is 3.98. The number of aryl methyl sites for hydroxylation is 1. The molecule has 0 amide bonds. The summed E-state index contributed by atoms with van der Waals surface area (Å²) in [6.45, 7) is 0. The number of pyridine rings is 1. The van der Waals surface area contributed by atoms with E-state index in [4.69, 9.17) is 5.41 Å². The van der Waals surface area contributed by atoms with Gasteiger partial charge in [-0.3, -0.25) is 4.98 Å². The first kappa shape index (κ1) is 11.5. The van der Waals surface area contributed by atoms with Crippen LogP contribution in [0.3, 0.4) is 0 Å². The van der Waals surface area contributed by atoms with Crippen LogP contribution in [0.1, 0.15) is 18.5 Å². The van der Waals surface area contributed by atoms with Crippen LogP contribution in [0, 0.1) is 5.41 Å². The summed E-state index contributed by atoms with van der Waals surface area (Å²) < 4.78 is 0. The largest absolute Gasteiger partial charge is 0.313 e. The van der Waals surface area contributed by atoms with Crippen molar-refractivity contribution in [2.24, 2.45) is 0 Å². The van der Waals surface area contributed by atoms with Gasteiger partial charge in [0.15, 0.2) is 0 Å².